The fourth-order valence-electron chi connectivity index (χ4n) is 1.54. The average molecular weight is 290 g/mol. The molecule has 0 aliphatic heterocycles. The van der Waals surface area contributed by atoms with E-state index in [1.54, 1.807) is 7.11 Å². The van der Waals surface area contributed by atoms with Gasteiger partial charge in [0.05, 0.1) is 19.8 Å². The van der Waals surface area contributed by atoms with Gasteiger partial charge in [0.2, 0.25) is 0 Å². The van der Waals surface area contributed by atoms with Crippen molar-refractivity contribution < 1.29 is 23.8 Å². The Labute approximate surface area is 123 Å². The lowest BCUT2D eigenvalue weighted by molar-refractivity contribution is -0.140. The van der Waals surface area contributed by atoms with E-state index in [0.29, 0.717) is 26.0 Å². The summed E-state index contributed by atoms with van der Waals surface area (Å²) in [5.74, 6) is -0.698. The van der Waals surface area contributed by atoms with Crippen LogP contribution in [-0.2, 0) is 32.2 Å². The van der Waals surface area contributed by atoms with E-state index in [1.807, 2.05) is 36.4 Å². The maximum atomic E-state index is 11.1. The summed E-state index contributed by atoms with van der Waals surface area (Å²) in [4.78, 5) is 13.7. The number of hydrogen-bond acceptors (Lipinski definition) is 4. The summed E-state index contributed by atoms with van der Waals surface area (Å²) in [6.07, 6.45) is 4.46. The van der Waals surface area contributed by atoms with Crippen molar-refractivity contribution in [2.45, 2.75) is 13.2 Å². The zero-order valence-electron chi connectivity index (χ0n) is 11.9. The molecular weight excluding hydrogens is 272 g/mol. The van der Waals surface area contributed by atoms with Crippen LogP contribution in [0.25, 0.3) is 5.53 Å². The lowest BCUT2D eigenvalue weighted by Gasteiger charge is -2.08. The number of hydrogen-bond donors (Lipinski definition) is 0. The quantitative estimate of drug-likeness (QED) is 0.173. The van der Waals surface area contributed by atoms with Gasteiger partial charge in [0.1, 0.15) is 6.61 Å². The van der Waals surface area contributed by atoms with E-state index in [9.17, 15) is 4.79 Å². The van der Waals surface area contributed by atoms with Crippen LogP contribution >= 0.6 is 0 Å². The van der Waals surface area contributed by atoms with Crippen molar-refractivity contribution in [1.29, 1.82) is 0 Å². The summed E-state index contributed by atoms with van der Waals surface area (Å²) < 4.78 is 15.3. The van der Waals surface area contributed by atoms with E-state index in [-0.39, 0.29) is 6.61 Å². The molecule has 1 rings (SSSR count). The van der Waals surface area contributed by atoms with Crippen molar-refractivity contribution in [3.8, 4) is 0 Å². The van der Waals surface area contributed by atoms with Gasteiger partial charge >= 0.3 is 12.2 Å². The molecule has 0 aliphatic rings. The lowest BCUT2D eigenvalue weighted by atomic mass is 10.1. The smallest absolute Gasteiger partial charge is 0.413 e. The largest absolute Gasteiger partial charge is 0.452 e. The third kappa shape index (κ3) is 7.17. The number of benzene rings is 1. The van der Waals surface area contributed by atoms with Crippen LogP contribution in [0.3, 0.4) is 0 Å². The third-order valence-corrected chi connectivity index (χ3v) is 2.55. The molecule has 0 saturated carbocycles. The zero-order chi connectivity index (χ0) is 15.3. The predicted octanol–water partition coefficient (Wildman–Crippen LogP) is 1.75. The molecule has 0 radical (unpaired) electrons. The normalized spacial score (nSPS) is 10.3. The summed E-state index contributed by atoms with van der Waals surface area (Å²) in [7, 11) is 1.63. The minimum atomic E-state index is -0.698. The fourth-order valence-corrected chi connectivity index (χ4v) is 1.54. The minimum Gasteiger partial charge on any atom is -0.452 e. The van der Waals surface area contributed by atoms with Crippen LogP contribution < -0.4 is 0 Å². The molecule has 0 N–H and O–H groups in total. The summed E-state index contributed by atoms with van der Waals surface area (Å²) in [5.41, 5.74) is 10.0. The first-order chi connectivity index (χ1) is 10.3. The van der Waals surface area contributed by atoms with E-state index in [1.165, 1.54) is 0 Å². The number of methoxy groups -OCH3 is 1. The summed E-state index contributed by atoms with van der Waals surface area (Å²) >= 11 is 0. The second-order valence-electron chi connectivity index (χ2n) is 4.06. The molecule has 0 unspecified atom stereocenters. The summed E-state index contributed by atoms with van der Waals surface area (Å²) in [6, 6.07) is 7.50. The van der Waals surface area contributed by atoms with Crippen LogP contribution in [0.2, 0.25) is 0 Å². The van der Waals surface area contributed by atoms with Crippen LogP contribution in [0.15, 0.2) is 36.4 Å². The summed E-state index contributed by atoms with van der Waals surface area (Å²) in [5, 5.41) is 0. The number of esters is 1. The number of rotatable bonds is 9. The molecule has 1 aromatic rings. The van der Waals surface area contributed by atoms with Crippen LogP contribution in [-0.4, -0.2) is 37.3 Å². The molecule has 0 aromatic heterocycles. The van der Waals surface area contributed by atoms with Crippen LogP contribution in [0.4, 0.5) is 0 Å². The van der Waals surface area contributed by atoms with E-state index in [4.69, 9.17) is 19.7 Å². The van der Waals surface area contributed by atoms with Crippen molar-refractivity contribution >= 4 is 12.2 Å². The first-order valence-corrected chi connectivity index (χ1v) is 6.40. The summed E-state index contributed by atoms with van der Waals surface area (Å²) in [6.45, 7) is 1.56. The fraction of sp³-hybridized carbons (Fsp3) is 0.333. The predicted molar refractivity (Wildman–Crippen MR) is 76.6 cm³/mol. The average Bonchev–Trinajstić information content (AvgIpc) is 2.50. The van der Waals surface area contributed by atoms with Gasteiger partial charge in [-0.05, 0) is 11.1 Å². The van der Waals surface area contributed by atoms with Crippen LogP contribution in [0.5, 0.6) is 0 Å². The molecule has 0 fully saturated rings. The Morgan fingerprint density at radius 1 is 1.19 bits per heavy atom. The first kappa shape index (κ1) is 16.8. The Bertz CT molecular complexity index is 522. The van der Waals surface area contributed by atoms with E-state index in [0.717, 1.165) is 11.1 Å². The Kier molecular flexibility index (Phi) is 8.40. The van der Waals surface area contributed by atoms with E-state index >= 15 is 0 Å². The topological polar surface area (TPSA) is 81.2 Å². The van der Waals surface area contributed by atoms with Crippen molar-refractivity contribution in [3.05, 3.63) is 53.1 Å². The number of carbonyl (C=O) groups is 1. The van der Waals surface area contributed by atoms with Gasteiger partial charge in [-0.15, -0.1) is 0 Å². The highest BCUT2D eigenvalue weighted by molar-refractivity contribution is 6.20. The number of carbonyl (C=O) groups excluding carboxylic acids is 1. The number of nitrogens with zero attached hydrogens (tertiary/aromatic N) is 2. The van der Waals surface area contributed by atoms with Gasteiger partial charge in [-0.3, -0.25) is 0 Å². The van der Waals surface area contributed by atoms with Crippen molar-refractivity contribution in [1.82, 2.24) is 0 Å². The maximum absolute atomic E-state index is 11.1. The van der Waals surface area contributed by atoms with E-state index in [2.05, 4.69) is 4.79 Å². The van der Waals surface area contributed by atoms with Crippen molar-refractivity contribution in [2.75, 3.05) is 20.3 Å². The highest BCUT2D eigenvalue weighted by atomic mass is 16.5. The molecule has 6 heteroatoms. The van der Waals surface area contributed by atoms with Gasteiger partial charge < -0.3 is 19.7 Å². The Balaban J connectivity index is 2.47. The Morgan fingerprint density at radius 3 is 2.52 bits per heavy atom. The van der Waals surface area contributed by atoms with Crippen LogP contribution in [0, 0.1) is 0 Å². The highest BCUT2D eigenvalue weighted by Crippen LogP contribution is 2.11. The molecule has 21 heavy (non-hydrogen) atoms. The molecule has 0 atom stereocenters. The lowest BCUT2D eigenvalue weighted by Crippen LogP contribution is -2.08. The van der Waals surface area contributed by atoms with Gasteiger partial charge in [0, 0.05) is 7.11 Å². The van der Waals surface area contributed by atoms with Crippen molar-refractivity contribution in [3.63, 3.8) is 0 Å². The molecule has 0 aliphatic carbocycles. The monoisotopic (exact) mass is 290 g/mol. The molecule has 0 heterocycles. The molecular formula is C15H18N2O4. The van der Waals surface area contributed by atoms with E-state index < -0.39 is 5.97 Å². The van der Waals surface area contributed by atoms with Gasteiger partial charge in [-0.2, -0.15) is 4.79 Å². The molecule has 1 aromatic carbocycles. The maximum Gasteiger partial charge on any atom is 0.413 e. The van der Waals surface area contributed by atoms with Crippen molar-refractivity contribution in [2.24, 2.45) is 0 Å². The highest BCUT2D eigenvalue weighted by Gasteiger charge is 2.07. The molecule has 0 spiro atoms. The minimum absolute atomic E-state index is 0.101. The Morgan fingerprint density at radius 2 is 1.86 bits per heavy atom. The third-order valence-electron chi connectivity index (χ3n) is 2.55. The standard InChI is InChI=1S/C15H18N2O4/c1-19-8-4-5-9-20-11-13-6-2-3-7-14(13)12-21-15(18)10-17-16/h2-7,10H,8-9,11-12H2,1H3/b5-4+. The molecule has 0 saturated heterocycles. The van der Waals surface area contributed by atoms with Gasteiger partial charge in [0.15, 0.2) is 0 Å². The molecule has 0 amide bonds. The first-order valence-electron chi connectivity index (χ1n) is 6.40. The second-order valence-corrected chi connectivity index (χ2v) is 4.06. The second kappa shape index (κ2) is 10.5. The molecule has 112 valence electrons. The van der Waals surface area contributed by atoms with Gasteiger partial charge in [-0.25, -0.2) is 4.79 Å². The van der Waals surface area contributed by atoms with Gasteiger partial charge in [-0.1, -0.05) is 36.4 Å². The Hall–Kier alpha value is -2.27. The number of ether oxygens (including phenoxy) is 3. The van der Waals surface area contributed by atoms with Gasteiger partial charge in [0.25, 0.3) is 0 Å². The SMILES string of the molecule is COC/C=C/COCc1ccccc1COC(=O)C=[N+]=[N-]. The molecule has 6 nitrogen and oxygen atoms in total. The molecule has 0 bridgehead atoms. The zero-order valence-corrected chi connectivity index (χ0v) is 11.9. The van der Waals surface area contributed by atoms with Crippen LogP contribution in [0.1, 0.15) is 11.1 Å².